The molecule has 0 aliphatic heterocycles. The van der Waals surface area contributed by atoms with E-state index in [1.807, 2.05) is 0 Å². The van der Waals surface area contributed by atoms with Crippen molar-refractivity contribution >= 4 is 34.7 Å². The highest BCUT2D eigenvalue weighted by molar-refractivity contribution is 6.42. The molecule has 0 saturated carbocycles. The Morgan fingerprint density at radius 2 is 2.05 bits per heavy atom. The molecule has 0 aliphatic carbocycles. The van der Waals surface area contributed by atoms with Crippen LogP contribution in [0, 0.1) is 10.1 Å². The Hall–Kier alpha value is -2.05. The second kappa shape index (κ2) is 5.29. The van der Waals surface area contributed by atoms with Gasteiger partial charge in [-0.2, -0.15) is 4.98 Å². The third-order valence-corrected chi connectivity index (χ3v) is 2.95. The van der Waals surface area contributed by atoms with E-state index in [4.69, 9.17) is 33.7 Å². The van der Waals surface area contributed by atoms with Crippen molar-refractivity contribution in [3.05, 3.63) is 50.5 Å². The summed E-state index contributed by atoms with van der Waals surface area (Å²) in [5.74, 6) is 0.180. The normalized spacial score (nSPS) is 10.2. The van der Waals surface area contributed by atoms with Crippen LogP contribution in [0.25, 0.3) is 0 Å². The van der Waals surface area contributed by atoms with E-state index in [9.17, 15) is 10.1 Å². The van der Waals surface area contributed by atoms with Crippen molar-refractivity contribution in [1.82, 2.24) is 4.98 Å². The summed E-state index contributed by atoms with van der Waals surface area (Å²) < 4.78 is 5.35. The van der Waals surface area contributed by atoms with E-state index in [0.29, 0.717) is 5.02 Å². The lowest BCUT2D eigenvalue weighted by atomic mass is 10.3. The maximum absolute atomic E-state index is 10.7. The van der Waals surface area contributed by atoms with Crippen molar-refractivity contribution in [2.45, 2.75) is 0 Å². The number of nitro groups is 1. The number of ether oxygens (including phenoxy) is 1. The smallest absolute Gasteiger partial charge is 0.278 e. The van der Waals surface area contributed by atoms with E-state index in [-0.39, 0.29) is 28.2 Å². The third-order valence-electron chi connectivity index (χ3n) is 2.15. The number of nitrogens with zero attached hydrogens (tertiary/aromatic N) is 2. The van der Waals surface area contributed by atoms with Gasteiger partial charge in [0.15, 0.2) is 0 Å². The van der Waals surface area contributed by atoms with Crippen molar-refractivity contribution in [2.24, 2.45) is 0 Å². The Morgan fingerprint density at radius 1 is 1.32 bits per heavy atom. The topological polar surface area (TPSA) is 91.3 Å². The average Bonchev–Trinajstić information content (AvgIpc) is 2.34. The highest BCUT2D eigenvalue weighted by Gasteiger charge is 2.13. The summed E-state index contributed by atoms with van der Waals surface area (Å²) in [6.07, 6.45) is 0. The number of pyridine rings is 1. The Kier molecular flexibility index (Phi) is 3.73. The number of nitrogens with two attached hydrogens (primary N) is 1. The van der Waals surface area contributed by atoms with Crippen LogP contribution in [0.1, 0.15) is 0 Å². The zero-order valence-electron chi connectivity index (χ0n) is 9.34. The van der Waals surface area contributed by atoms with Gasteiger partial charge in [0, 0.05) is 0 Å². The number of hydrogen-bond donors (Lipinski definition) is 1. The van der Waals surface area contributed by atoms with Gasteiger partial charge in [0.1, 0.15) is 16.6 Å². The highest BCUT2D eigenvalue weighted by Crippen LogP contribution is 2.35. The van der Waals surface area contributed by atoms with Crippen molar-refractivity contribution < 1.29 is 9.66 Å². The van der Waals surface area contributed by atoms with Gasteiger partial charge in [0.2, 0.25) is 5.88 Å². The zero-order chi connectivity index (χ0) is 14.0. The lowest BCUT2D eigenvalue weighted by Gasteiger charge is -2.07. The van der Waals surface area contributed by atoms with Crippen LogP contribution < -0.4 is 10.5 Å². The molecule has 0 aliphatic rings. The number of anilines is 1. The van der Waals surface area contributed by atoms with Gasteiger partial charge in [0.05, 0.1) is 22.1 Å². The largest absolute Gasteiger partial charge is 0.437 e. The van der Waals surface area contributed by atoms with Gasteiger partial charge >= 0.3 is 0 Å². The van der Waals surface area contributed by atoms with Gasteiger partial charge in [-0.25, -0.2) is 0 Å². The number of benzene rings is 1. The Bertz CT molecular complexity index is 649. The fourth-order valence-electron chi connectivity index (χ4n) is 1.34. The molecular formula is C11H7Cl2N3O3. The number of rotatable bonds is 3. The van der Waals surface area contributed by atoms with Crippen molar-refractivity contribution in [3.63, 3.8) is 0 Å². The van der Waals surface area contributed by atoms with E-state index in [2.05, 4.69) is 4.98 Å². The summed E-state index contributed by atoms with van der Waals surface area (Å²) in [5.41, 5.74) is 5.24. The molecule has 0 radical (unpaired) electrons. The molecule has 1 heterocycles. The predicted molar refractivity (Wildman–Crippen MR) is 71.8 cm³/mol. The lowest BCUT2D eigenvalue weighted by molar-refractivity contribution is -0.384. The first-order chi connectivity index (χ1) is 8.97. The van der Waals surface area contributed by atoms with Crippen molar-refractivity contribution in [3.8, 4) is 11.6 Å². The molecule has 19 heavy (non-hydrogen) atoms. The van der Waals surface area contributed by atoms with Gasteiger partial charge in [-0.15, -0.1) is 0 Å². The lowest BCUT2D eigenvalue weighted by Crippen LogP contribution is -1.97. The second-order valence-electron chi connectivity index (χ2n) is 3.50. The van der Waals surface area contributed by atoms with E-state index in [1.165, 1.54) is 0 Å². The SMILES string of the molecule is Nc1cc([N+](=O)[O-])cc(Oc2cccc(Cl)c2Cl)n1. The maximum Gasteiger partial charge on any atom is 0.278 e. The molecule has 98 valence electrons. The van der Waals surface area contributed by atoms with Gasteiger partial charge < -0.3 is 10.5 Å². The van der Waals surface area contributed by atoms with Crippen molar-refractivity contribution in [1.29, 1.82) is 0 Å². The highest BCUT2D eigenvalue weighted by atomic mass is 35.5. The fraction of sp³-hybridized carbons (Fsp3) is 0. The van der Waals surface area contributed by atoms with Crippen LogP contribution in [0.2, 0.25) is 10.0 Å². The molecule has 0 spiro atoms. The molecule has 8 heteroatoms. The predicted octanol–water partition coefficient (Wildman–Crippen LogP) is 3.67. The Balaban J connectivity index is 2.38. The van der Waals surface area contributed by atoms with Crippen LogP contribution >= 0.6 is 23.2 Å². The molecule has 6 nitrogen and oxygen atoms in total. The van der Waals surface area contributed by atoms with Crippen LogP contribution in [0.3, 0.4) is 0 Å². The van der Waals surface area contributed by atoms with Crippen LogP contribution in [0.15, 0.2) is 30.3 Å². The monoisotopic (exact) mass is 299 g/mol. The molecule has 1 aromatic heterocycles. The Labute approximate surface area is 117 Å². The summed E-state index contributed by atoms with van der Waals surface area (Å²) in [5, 5.41) is 11.2. The molecular weight excluding hydrogens is 293 g/mol. The molecule has 0 unspecified atom stereocenters. The molecule has 2 aromatic rings. The van der Waals surface area contributed by atoms with Crippen LogP contribution in [0.5, 0.6) is 11.6 Å². The number of halogens is 2. The van der Waals surface area contributed by atoms with E-state index in [0.717, 1.165) is 12.1 Å². The summed E-state index contributed by atoms with van der Waals surface area (Å²) in [6, 6.07) is 7.06. The molecule has 2 rings (SSSR count). The molecule has 0 bridgehead atoms. The first kappa shape index (κ1) is 13.4. The maximum atomic E-state index is 10.7. The number of aromatic nitrogens is 1. The van der Waals surface area contributed by atoms with Crippen LogP contribution in [0.4, 0.5) is 11.5 Å². The molecule has 0 saturated heterocycles. The minimum atomic E-state index is -0.593. The quantitative estimate of drug-likeness (QED) is 0.689. The summed E-state index contributed by atoms with van der Waals surface area (Å²) in [4.78, 5) is 13.9. The standard InChI is InChI=1S/C11H7Cl2N3O3/c12-7-2-1-3-8(11(7)13)19-10-5-6(16(17)18)4-9(14)15-10/h1-5H,(H2,14,15). The molecule has 1 aromatic carbocycles. The summed E-state index contributed by atoms with van der Waals surface area (Å²) >= 11 is 11.8. The molecule has 0 atom stereocenters. The van der Waals surface area contributed by atoms with E-state index in [1.54, 1.807) is 18.2 Å². The molecule has 0 amide bonds. The fourth-order valence-corrected chi connectivity index (χ4v) is 1.68. The minimum absolute atomic E-state index is 0.0256. The zero-order valence-corrected chi connectivity index (χ0v) is 10.9. The molecule has 2 N–H and O–H groups in total. The minimum Gasteiger partial charge on any atom is -0.437 e. The summed E-state index contributed by atoms with van der Waals surface area (Å²) in [6.45, 7) is 0. The average molecular weight is 300 g/mol. The summed E-state index contributed by atoms with van der Waals surface area (Å²) in [7, 11) is 0. The number of nitrogen functional groups attached to an aromatic ring is 1. The van der Waals surface area contributed by atoms with Gasteiger partial charge in [0.25, 0.3) is 5.69 Å². The van der Waals surface area contributed by atoms with Gasteiger partial charge in [-0.3, -0.25) is 10.1 Å². The first-order valence-electron chi connectivity index (χ1n) is 5.01. The van der Waals surface area contributed by atoms with Crippen LogP contribution in [-0.2, 0) is 0 Å². The number of hydrogen-bond acceptors (Lipinski definition) is 5. The first-order valence-corrected chi connectivity index (χ1v) is 5.77. The van der Waals surface area contributed by atoms with E-state index >= 15 is 0 Å². The third kappa shape index (κ3) is 3.04. The van der Waals surface area contributed by atoms with Gasteiger partial charge in [-0.1, -0.05) is 29.3 Å². The second-order valence-corrected chi connectivity index (χ2v) is 4.28. The Morgan fingerprint density at radius 3 is 2.74 bits per heavy atom. The van der Waals surface area contributed by atoms with Crippen molar-refractivity contribution in [2.75, 3.05) is 5.73 Å². The van der Waals surface area contributed by atoms with Crippen LogP contribution in [-0.4, -0.2) is 9.91 Å². The molecule has 0 fully saturated rings. The van der Waals surface area contributed by atoms with Gasteiger partial charge in [-0.05, 0) is 12.1 Å². The van der Waals surface area contributed by atoms with E-state index < -0.39 is 4.92 Å².